The molecule has 0 saturated carbocycles. The minimum atomic E-state index is -0.677. The largest absolute Gasteiger partial charge is 0.502 e. The normalized spacial score (nSPS) is 22.8. The van der Waals surface area contributed by atoms with E-state index in [4.69, 9.17) is 28.4 Å². The van der Waals surface area contributed by atoms with Gasteiger partial charge in [-0.3, -0.25) is 14.9 Å². The van der Waals surface area contributed by atoms with Crippen LogP contribution in [0.15, 0.2) is 54.6 Å². The molecule has 0 radical (unpaired) electrons. The fourth-order valence-electron chi connectivity index (χ4n) is 6.06. The van der Waals surface area contributed by atoms with E-state index in [1.807, 2.05) is 42.5 Å². The van der Waals surface area contributed by atoms with Crippen LogP contribution in [0.5, 0.6) is 28.7 Å². The predicted molar refractivity (Wildman–Crippen MR) is 145 cm³/mol. The Hall–Kier alpha value is -4.44. The maximum Gasteiger partial charge on any atom is 0.323 e. The van der Waals surface area contributed by atoms with Crippen molar-refractivity contribution in [2.24, 2.45) is 11.8 Å². The van der Waals surface area contributed by atoms with E-state index in [1.165, 1.54) is 14.2 Å². The summed E-state index contributed by atoms with van der Waals surface area (Å²) in [6.07, 6.45) is 0. The van der Waals surface area contributed by atoms with Crippen LogP contribution < -0.4 is 24.3 Å². The lowest BCUT2D eigenvalue weighted by Crippen LogP contribution is -2.46. The second kappa shape index (κ2) is 10.9. The molecule has 1 saturated heterocycles. The van der Waals surface area contributed by atoms with Gasteiger partial charge in [0.1, 0.15) is 12.6 Å². The Kier molecular flexibility index (Phi) is 7.08. The lowest BCUT2D eigenvalue weighted by molar-refractivity contribution is -0.147. The maximum absolute atomic E-state index is 13.3. The van der Waals surface area contributed by atoms with Gasteiger partial charge in [-0.15, -0.1) is 0 Å². The molecule has 1 aliphatic carbocycles. The zero-order valence-electron chi connectivity index (χ0n) is 22.9. The van der Waals surface area contributed by atoms with Crippen LogP contribution in [0.25, 0.3) is 0 Å². The van der Waals surface area contributed by atoms with Gasteiger partial charge in [0.2, 0.25) is 12.5 Å². The second-order valence-corrected chi connectivity index (χ2v) is 10.4. The zero-order valence-corrected chi connectivity index (χ0v) is 22.9. The quantitative estimate of drug-likeness (QED) is 0.393. The third kappa shape index (κ3) is 4.78. The maximum atomic E-state index is 13.3. The van der Waals surface area contributed by atoms with Crippen LogP contribution >= 0.6 is 0 Å². The topological polar surface area (TPSA) is 122 Å². The number of aromatic hydroxyl groups is 1. The molecular formula is C31H31NO9. The molecule has 1 fully saturated rings. The van der Waals surface area contributed by atoms with E-state index in [0.29, 0.717) is 17.1 Å². The number of fused-ring (bicyclic) bond motifs is 3. The monoisotopic (exact) mass is 561 g/mol. The number of hydrogen-bond donors (Lipinski definition) is 2. The highest BCUT2D eigenvalue weighted by Crippen LogP contribution is 2.55. The van der Waals surface area contributed by atoms with Crippen molar-refractivity contribution in [3.05, 3.63) is 76.9 Å². The molecule has 3 aliphatic rings. The van der Waals surface area contributed by atoms with Crippen molar-refractivity contribution in [2.45, 2.75) is 31.5 Å². The first-order chi connectivity index (χ1) is 19.9. The van der Waals surface area contributed by atoms with Crippen LogP contribution in [-0.4, -0.2) is 50.7 Å². The van der Waals surface area contributed by atoms with Crippen LogP contribution in [0.2, 0.25) is 0 Å². The number of cyclic esters (lactones) is 1. The van der Waals surface area contributed by atoms with E-state index in [2.05, 4.69) is 5.32 Å². The van der Waals surface area contributed by atoms with Crippen molar-refractivity contribution < 1.29 is 43.1 Å². The Bertz CT molecular complexity index is 1450. The van der Waals surface area contributed by atoms with Gasteiger partial charge in [0.15, 0.2) is 23.0 Å². The first-order valence-electron chi connectivity index (χ1n) is 13.4. The molecule has 10 nitrogen and oxygen atoms in total. The summed E-state index contributed by atoms with van der Waals surface area (Å²) in [5, 5.41) is 14.0. The number of phenolic OH excluding ortho intramolecular Hbond substituents is 1. The molecule has 2 N–H and O–H groups in total. The number of nitrogens with one attached hydrogen (secondary N) is 1. The van der Waals surface area contributed by atoms with Gasteiger partial charge >= 0.3 is 11.9 Å². The molecule has 5 atom stereocenters. The molecule has 3 aromatic carbocycles. The first kappa shape index (κ1) is 26.8. The van der Waals surface area contributed by atoms with Gasteiger partial charge in [0.05, 0.1) is 26.7 Å². The number of benzene rings is 3. The van der Waals surface area contributed by atoms with E-state index < -0.39 is 29.9 Å². The molecule has 2 aliphatic heterocycles. The second-order valence-electron chi connectivity index (χ2n) is 10.4. The number of carbonyl (C=O) groups excluding carboxylic acids is 2. The molecule has 0 bridgehead atoms. The Morgan fingerprint density at radius 2 is 1.66 bits per heavy atom. The van der Waals surface area contributed by atoms with Crippen molar-refractivity contribution in [3.8, 4) is 28.7 Å². The van der Waals surface area contributed by atoms with E-state index in [-0.39, 0.29) is 49.1 Å². The summed E-state index contributed by atoms with van der Waals surface area (Å²) in [4.78, 5) is 26.4. The summed E-state index contributed by atoms with van der Waals surface area (Å²) < 4.78 is 33.5. The molecule has 3 aromatic rings. The molecule has 214 valence electrons. The summed E-state index contributed by atoms with van der Waals surface area (Å²) in [5.41, 5.74) is 3.26. The first-order valence-corrected chi connectivity index (χ1v) is 13.4. The average molecular weight is 562 g/mol. The van der Waals surface area contributed by atoms with E-state index in [1.54, 1.807) is 19.1 Å². The summed E-state index contributed by atoms with van der Waals surface area (Å²) in [5.74, 6) is -0.673. The van der Waals surface area contributed by atoms with Gasteiger partial charge < -0.3 is 33.5 Å². The number of ether oxygens (including phenoxy) is 6. The fraction of sp³-hybridized carbons (Fsp3) is 0.355. The van der Waals surface area contributed by atoms with E-state index in [9.17, 15) is 14.7 Å². The number of esters is 2. The van der Waals surface area contributed by atoms with Crippen molar-refractivity contribution in [1.29, 1.82) is 0 Å². The van der Waals surface area contributed by atoms with Crippen molar-refractivity contribution in [3.63, 3.8) is 0 Å². The Labute approximate surface area is 237 Å². The van der Waals surface area contributed by atoms with Gasteiger partial charge in [-0.05, 0) is 53.4 Å². The van der Waals surface area contributed by atoms with Gasteiger partial charge in [0.25, 0.3) is 0 Å². The van der Waals surface area contributed by atoms with Crippen LogP contribution in [-0.2, 0) is 25.7 Å². The molecule has 6 rings (SSSR count). The Morgan fingerprint density at radius 1 is 1.00 bits per heavy atom. The number of hydrogen-bond acceptors (Lipinski definition) is 10. The lowest BCUT2D eigenvalue weighted by Gasteiger charge is -2.40. The molecular weight excluding hydrogens is 530 g/mol. The summed E-state index contributed by atoms with van der Waals surface area (Å²) >= 11 is 0. The average Bonchev–Trinajstić information content (AvgIpc) is 3.61. The van der Waals surface area contributed by atoms with Crippen molar-refractivity contribution in [2.75, 3.05) is 27.6 Å². The molecule has 0 spiro atoms. The third-order valence-electron chi connectivity index (χ3n) is 8.06. The Morgan fingerprint density at radius 3 is 2.32 bits per heavy atom. The highest BCUT2D eigenvalue weighted by molar-refractivity contribution is 5.79. The van der Waals surface area contributed by atoms with Crippen molar-refractivity contribution in [1.82, 2.24) is 5.32 Å². The minimum absolute atomic E-state index is 0.0823. The molecule has 2 heterocycles. The zero-order chi connectivity index (χ0) is 28.7. The SMILES string of the molecule is COc1cc([C@@H]2c3cc4c(cc3[C@@H](NC(C)C(=O)OCc3ccccc3)C3COC(=O)[C@@H]32)OCO4)cc(OC)c1O. The number of methoxy groups -OCH3 is 2. The molecule has 41 heavy (non-hydrogen) atoms. The minimum Gasteiger partial charge on any atom is -0.502 e. The van der Waals surface area contributed by atoms with Crippen molar-refractivity contribution >= 4 is 11.9 Å². The van der Waals surface area contributed by atoms with Gasteiger partial charge in [-0.2, -0.15) is 0 Å². The highest BCUT2D eigenvalue weighted by Gasteiger charge is 2.53. The van der Waals surface area contributed by atoms with Crippen LogP contribution in [0.1, 0.15) is 41.1 Å². The lowest BCUT2D eigenvalue weighted by atomic mass is 9.65. The summed E-state index contributed by atoms with van der Waals surface area (Å²) in [7, 11) is 2.91. The number of carbonyl (C=O) groups is 2. The van der Waals surface area contributed by atoms with E-state index >= 15 is 0 Å². The van der Waals surface area contributed by atoms with Gasteiger partial charge in [0, 0.05) is 17.9 Å². The van der Waals surface area contributed by atoms with Crippen LogP contribution in [0.3, 0.4) is 0 Å². The number of phenols is 1. The number of rotatable bonds is 8. The smallest absolute Gasteiger partial charge is 0.323 e. The van der Waals surface area contributed by atoms with Gasteiger partial charge in [-0.25, -0.2) is 0 Å². The molecule has 0 aromatic heterocycles. The van der Waals surface area contributed by atoms with Gasteiger partial charge in [-0.1, -0.05) is 30.3 Å². The van der Waals surface area contributed by atoms with E-state index in [0.717, 1.165) is 16.7 Å². The molecule has 0 amide bonds. The Balaban J connectivity index is 1.39. The van der Waals surface area contributed by atoms with Crippen LogP contribution in [0.4, 0.5) is 0 Å². The van der Waals surface area contributed by atoms with Crippen LogP contribution in [0, 0.1) is 11.8 Å². The molecule has 10 heteroatoms. The summed E-state index contributed by atoms with van der Waals surface area (Å²) in [6, 6.07) is 15.6. The third-order valence-corrected chi connectivity index (χ3v) is 8.06. The molecule has 2 unspecified atom stereocenters. The summed E-state index contributed by atoms with van der Waals surface area (Å²) in [6.45, 7) is 2.16. The highest BCUT2D eigenvalue weighted by atomic mass is 16.7. The fourth-order valence-corrected chi connectivity index (χ4v) is 6.06. The predicted octanol–water partition coefficient (Wildman–Crippen LogP) is 3.84. The standard InChI is InChI=1S/C31H31NO9/c1-16(30(34)38-13-17-7-5-4-6-8-17)32-28-20-12-23-22(40-15-41-23)11-19(20)26(27-21(28)14-39-31(27)35)18-9-24(36-2)29(33)25(10-18)37-3/h4-12,16,21,26-28,32-33H,13-15H2,1-3H3/t16?,21?,26-,27+,28-/m1/s1.